The number of carbonyl (C=O) groups excluding carboxylic acids is 1. The number of pyridine rings is 1. The van der Waals surface area contributed by atoms with Crippen LogP contribution in [0.1, 0.15) is 12.8 Å². The van der Waals surface area contributed by atoms with E-state index in [4.69, 9.17) is 4.74 Å². The first kappa shape index (κ1) is 12.6. The van der Waals surface area contributed by atoms with Gasteiger partial charge in [0.2, 0.25) is 5.91 Å². The predicted molar refractivity (Wildman–Crippen MR) is 75.1 cm³/mol. The molecule has 0 aliphatic carbocycles. The van der Waals surface area contributed by atoms with E-state index in [1.54, 1.807) is 4.52 Å². The number of halogens is 1. The molecule has 2 aromatic rings. The average Bonchev–Trinajstić information content (AvgIpc) is 2.97. The molecule has 19 heavy (non-hydrogen) atoms. The van der Waals surface area contributed by atoms with Crippen LogP contribution in [0.5, 0.6) is 0 Å². The second-order valence-electron chi connectivity index (χ2n) is 4.73. The van der Waals surface area contributed by atoms with Crippen LogP contribution >= 0.6 is 15.9 Å². The fourth-order valence-corrected chi connectivity index (χ4v) is 2.55. The summed E-state index contributed by atoms with van der Waals surface area (Å²) in [6.45, 7) is 1.45. The molecule has 1 atom stereocenters. The summed E-state index contributed by atoms with van der Waals surface area (Å²) in [4.78, 5) is 11.9. The van der Waals surface area contributed by atoms with Gasteiger partial charge in [-0.15, -0.1) is 5.10 Å². The summed E-state index contributed by atoms with van der Waals surface area (Å²) in [5.74, 6) is 0.922. The number of fused-ring (bicyclic) bond motifs is 1. The normalized spacial score (nSPS) is 18.9. The van der Waals surface area contributed by atoms with Gasteiger partial charge < -0.3 is 10.1 Å². The molecule has 100 valence electrons. The molecule has 3 heterocycles. The van der Waals surface area contributed by atoms with Crippen LogP contribution in [0.2, 0.25) is 0 Å². The van der Waals surface area contributed by atoms with Gasteiger partial charge in [0.15, 0.2) is 5.82 Å². The standard InChI is InChI=1S/C13H14BrN3O2/c14-10-1-2-11-6-12(16-17(11)7-10)15-13(18)5-9-3-4-19-8-9/h1-2,6-7,9H,3-5,8H2,(H,15,16,18)/t9-/m1/s1. The number of carbonyl (C=O) groups is 1. The van der Waals surface area contributed by atoms with E-state index >= 15 is 0 Å². The van der Waals surface area contributed by atoms with Crippen molar-refractivity contribution in [2.75, 3.05) is 18.5 Å². The van der Waals surface area contributed by atoms with Crippen molar-refractivity contribution < 1.29 is 9.53 Å². The first-order valence-electron chi connectivity index (χ1n) is 6.23. The second-order valence-corrected chi connectivity index (χ2v) is 5.64. The first-order chi connectivity index (χ1) is 9.20. The lowest BCUT2D eigenvalue weighted by molar-refractivity contribution is -0.117. The van der Waals surface area contributed by atoms with E-state index in [1.807, 2.05) is 24.4 Å². The summed E-state index contributed by atoms with van der Waals surface area (Å²) in [6.07, 6.45) is 3.32. The molecule has 1 saturated heterocycles. The predicted octanol–water partition coefficient (Wildman–Crippen LogP) is 2.46. The van der Waals surface area contributed by atoms with Gasteiger partial charge in [-0.05, 0) is 40.4 Å². The largest absolute Gasteiger partial charge is 0.381 e. The zero-order valence-electron chi connectivity index (χ0n) is 10.3. The minimum absolute atomic E-state index is 0.00188. The van der Waals surface area contributed by atoms with Gasteiger partial charge in [0.05, 0.1) is 5.52 Å². The SMILES string of the molecule is O=C(C[C@H]1CCOC1)Nc1cc2ccc(Br)cn2n1. The van der Waals surface area contributed by atoms with Crippen LogP contribution < -0.4 is 5.32 Å². The summed E-state index contributed by atoms with van der Waals surface area (Å²) in [5.41, 5.74) is 0.947. The highest BCUT2D eigenvalue weighted by Gasteiger charge is 2.19. The molecule has 6 heteroatoms. The summed E-state index contributed by atoms with van der Waals surface area (Å²) < 4.78 is 7.95. The minimum atomic E-state index is -0.00188. The Morgan fingerprint density at radius 3 is 3.26 bits per heavy atom. The van der Waals surface area contributed by atoms with E-state index in [2.05, 4.69) is 26.3 Å². The number of nitrogens with zero attached hydrogens (tertiary/aromatic N) is 2. The maximum atomic E-state index is 11.9. The molecule has 1 aliphatic rings. The van der Waals surface area contributed by atoms with Crippen molar-refractivity contribution in [3.63, 3.8) is 0 Å². The van der Waals surface area contributed by atoms with Gasteiger partial charge in [-0.2, -0.15) is 0 Å². The van der Waals surface area contributed by atoms with Crippen LogP contribution in [0.15, 0.2) is 28.9 Å². The number of rotatable bonds is 3. The van der Waals surface area contributed by atoms with Crippen molar-refractivity contribution in [1.29, 1.82) is 0 Å². The number of ether oxygens (including phenoxy) is 1. The lowest BCUT2D eigenvalue weighted by atomic mass is 10.1. The molecule has 0 bridgehead atoms. The third kappa shape index (κ3) is 2.96. The van der Waals surface area contributed by atoms with Crippen molar-refractivity contribution in [3.8, 4) is 0 Å². The molecule has 0 saturated carbocycles. The van der Waals surface area contributed by atoms with Gasteiger partial charge in [-0.25, -0.2) is 4.52 Å². The Kier molecular flexibility index (Phi) is 3.52. The van der Waals surface area contributed by atoms with Crippen molar-refractivity contribution in [2.24, 2.45) is 5.92 Å². The topological polar surface area (TPSA) is 55.6 Å². The smallest absolute Gasteiger partial charge is 0.225 e. The Bertz CT molecular complexity index is 605. The number of nitrogens with one attached hydrogen (secondary N) is 1. The molecule has 5 nitrogen and oxygen atoms in total. The maximum absolute atomic E-state index is 11.9. The molecule has 1 fully saturated rings. The fraction of sp³-hybridized carbons (Fsp3) is 0.385. The number of hydrogen-bond donors (Lipinski definition) is 1. The van der Waals surface area contributed by atoms with E-state index in [1.165, 1.54) is 0 Å². The molecule has 0 radical (unpaired) electrons. The summed E-state index contributed by atoms with van der Waals surface area (Å²) >= 11 is 3.39. The van der Waals surface area contributed by atoms with Crippen LogP contribution in [-0.2, 0) is 9.53 Å². The van der Waals surface area contributed by atoms with E-state index in [9.17, 15) is 4.79 Å². The lowest BCUT2D eigenvalue weighted by Gasteiger charge is -2.06. The van der Waals surface area contributed by atoms with Gasteiger partial charge in [0, 0.05) is 36.4 Å². The monoisotopic (exact) mass is 323 g/mol. The lowest BCUT2D eigenvalue weighted by Crippen LogP contribution is -2.16. The number of amides is 1. The molecule has 0 aromatic carbocycles. The average molecular weight is 324 g/mol. The molecule has 1 N–H and O–H groups in total. The van der Waals surface area contributed by atoms with E-state index in [0.717, 1.165) is 23.0 Å². The molecule has 2 aromatic heterocycles. The van der Waals surface area contributed by atoms with Crippen LogP contribution in [0.25, 0.3) is 5.52 Å². The first-order valence-corrected chi connectivity index (χ1v) is 7.02. The fourth-order valence-electron chi connectivity index (χ4n) is 2.22. The second kappa shape index (κ2) is 5.30. The molecule has 3 rings (SSSR count). The Labute approximate surface area is 119 Å². The quantitative estimate of drug-likeness (QED) is 0.944. The van der Waals surface area contributed by atoms with Crippen molar-refractivity contribution >= 4 is 33.2 Å². The van der Waals surface area contributed by atoms with Gasteiger partial charge in [0.25, 0.3) is 0 Å². The van der Waals surface area contributed by atoms with Crippen LogP contribution in [0.4, 0.5) is 5.82 Å². The molecule has 1 amide bonds. The third-order valence-electron chi connectivity index (χ3n) is 3.19. The molecule has 0 unspecified atom stereocenters. The van der Waals surface area contributed by atoms with Gasteiger partial charge in [-0.3, -0.25) is 4.79 Å². The van der Waals surface area contributed by atoms with Gasteiger partial charge >= 0.3 is 0 Å². The Balaban J connectivity index is 1.68. The van der Waals surface area contributed by atoms with Crippen molar-refractivity contribution in [3.05, 3.63) is 28.9 Å². The van der Waals surface area contributed by atoms with E-state index < -0.39 is 0 Å². The highest BCUT2D eigenvalue weighted by Crippen LogP contribution is 2.18. The Morgan fingerprint density at radius 1 is 1.58 bits per heavy atom. The van der Waals surface area contributed by atoms with Crippen molar-refractivity contribution in [2.45, 2.75) is 12.8 Å². The highest BCUT2D eigenvalue weighted by molar-refractivity contribution is 9.10. The minimum Gasteiger partial charge on any atom is -0.381 e. The van der Waals surface area contributed by atoms with Crippen LogP contribution in [0.3, 0.4) is 0 Å². The summed E-state index contributed by atoms with van der Waals surface area (Å²) in [5, 5.41) is 7.15. The van der Waals surface area contributed by atoms with Crippen LogP contribution in [0, 0.1) is 5.92 Å². The molecule has 0 spiro atoms. The summed E-state index contributed by atoms with van der Waals surface area (Å²) in [7, 11) is 0. The molecular weight excluding hydrogens is 310 g/mol. The number of aromatic nitrogens is 2. The van der Waals surface area contributed by atoms with Gasteiger partial charge in [0.1, 0.15) is 0 Å². The zero-order valence-corrected chi connectivity index (χ0v) is 11.9. The Morgan fingerprint density at radius 2 is 2.47 bits per heavy atom. The third-order valence-corrected chi connectivity index (χ3v) is 3.66. The zero-order chi connectivity index (χ0) is 13.2. The maximum Gasteiger partial charge on any atom is 0.225 e. The Hall–Kier alpha value is -1.40. The van der Waals surface area contributed by atoms with Gasteiger partial charge in [-0.1, -0.05) is 0 Å². The molecule has 1 aliphatic heterocycles. The number of hydrogen-bond acceptors (Lipinski definition) is 3. The summed E-state index contributed by atoms with van der Waals surface area (Å²) in [6, 6.07) is 5.74. The number of anilines is 1. The van der Waals surface area contributed by atoms with E-state index in [0.29, 0.717) is 24.8 Å². The van der Waals surface area contributed by atoms with Crippen molar-refractivity contribution in [1.82, 2.24) is 9.61 Å². The van der Waals surface area contributed by atoms with Crippen LogP contribution in [-0.4, -0.2) is 28.7 Å². The molecular formula is C13H14BrN3O2. The van der Waals surface area contributed by atoms with E-state index in [-0.39, 0.29) is 5.91 Å². The highest BCUT2D eigenvalue weighted by atomic mass is 79.9.